The topological polar surface area (TPSA) is 131 Å². The number of ether oxygens (including phenoxy) is 1. The Labute approximate surface area is 116 Å². The van der Waals surface area contributed by atoms with Crippen molar-refractivity contribution < 1.29 is 28.8 Å². The van der Waals surface area contributed by atoms with E-state index in [0.717, 1.165) is 0 Å². The van der Waals surface area contributed by atoms with Crippen molar-refractivity contribution >= 4 is 5.82 Å². The van der Waals surface area contributed by atoms with Crippen molar-refractivity contribution in [2.75, 3.05) is 12.3 Å². The monoisotopic (exact) mass is 303 g/mol. The number of aliphatic hydroxyl groups excluding tert-OH is 3. The molecule has 21 heavy (non-hydrogen) atoms. The number of anilines is 1. The molecule has 1 aromatic rings. The van der Waals surface area contributed by atoms with Gasteiger partial charge < -0.3 is 25.8 Å². The molecule has 1 saturated heterocycles. The van der Waals surface area contributed by atoms with Gasteiger partial charge in [-0.3, -0.25) is 4.57 Å². The normalized spacial score (nSPS) is 35.6. The highest BCUT2D eigenvalue weighted by Gasteiger charge is 2.64. The van der Waals surface area contributed by atoms with Gasteiger partial charge in [-0.2, -0.15) is 4.98 Å². The quantitative estimate of drug-likeness (QED) is 0.450. The molecule has 114 valence electrons. The number of hydrogen-bond donors (Lipinski definition) is 4. The fraction of sp³-hybridized carbons (Fsp3) is 0.455. The van der Waals surface area contributed by atoms with E-state index in [1.807, 2.05) is 0 Å². The number of rotatable bonds is 2. The number of aromatic nitrogens is 2. The number of nitrogen functional groups attached to an aromatic ring is 1. The molecule has 0 radical (unpaired) electrons. The van der Waals surface area contributed by atoms with Gasteiger partial charge in [-0.05, 0) is 5.92 Å². The molecule has 0 spiro atoms. The summed E-state index contributed by atoms with van der Waals surface area (Å²) in [5.41, 5.74) is 1.27. The number of terminal acetylenes is 1. The molecule has 0 amide bonds. The van der Waals surface area contributed by atoms with Crippen molar-refractivity contribution in [2.45, 2.75) is 23.8 Å². The lowest BCUT2D eigenvalue weighted by atomic mass is 10.0. The lowest BCUT2D eigenvalue weighted by Gasteiger charge is -2.28. The first-order valence-electron chi connectivity index (χ1n) is 5.61. The first-order valence-corrected chi connectivity index (χ1v) is 5.61. The third-order valence-corrected chi connectivity index (χ3v) is 3.16. The van der Waals surface area contributed by atoms with Gasteiger partial charge in [0.05, 0.1) is 6.20 Å². The zero-order valence-corrected chi connectivity index (χ0v) is 10.4. The Morgan fingerprint density at radius 2 is 2.19 bits per heavy atom. The van der Waals surface area contributed by atoms with E-state index in [1.165, 1.54) is 0 Å². The van der Waals surface area contributed by atoms with Crippen LogP contribution in [0.4, 0.5) is 14.6 Å². The largest absolute Gasteiger partial charge is 0.390 e. The van der Waals surface area contributed by atoms with Crippen molar-refractivity contribution in [3.63, 3.8) is 0 Å². The fourth-order valence-corrected chi connectivity index (χ4v) is 2.01. The number of nitrogens with zero attached hydrogens (tertiary/aromatic N) is 2. The number of alkyl halides is 1. The number of halogens is 2. The van der Waals surface area contributed by atoms with Gasteiger partial charge in [0, 0.05) is 0 Å². The molecule has 1 aromatic heterocycles. The van der Waals surface area contributed by atoms with Crippen LogP contribution in [0.15, 0.2) is 11.0 Å². The molecule has 0 aromatic carbocycles. The van der Waals surface area contributed by atoms with Gasteiger partial charge in [0.15, 0.2) is 11.6 Å². The van der Waals surface area contributed by atoms with Gasteiger partial charge in [-0.15, -0.1) is 6.42 Å². The molecule has 2 rings (SSSR count). The molecule has 0 saturated carbocycles. The minimum atomic E-state index is -3.14. The Morgan fingerprint density at radius 1 is 1.57 bits per heavy atom. The number of hydrogen-bond acceptors (Lipinski definition) is 7. The number of nitrogens with two attached hydrogens (primary N) is 1. The maximum atomic E-state index is 14.1. The Morgan fingerprint density at radius 3 is 2.67 bits per heavy atom. The van der Waals surface area contributed by atoms with Crippen molar-refractivity contribution in [1.29, 1.82) is 0 Å². The maximum absolute atomic E-state index is 14.1. The second-order valence-corrected chi connectivity index (χ2v) is 4.40. The standard InChI is InChI=1S/C11H11F2N3O5/c1-2-11(7(19)6(18)10(13,4-17)21-11)16-3-5(12)8(14)15-9(16)20/h1,3,6-7,17-19H,4H2,(H2,14,15,20)/t6-,7+,10+,11+/m0/s1. The molecular weight excluding hydrogens is 292 g/mol. The molecule has 1 aliphatic rings. The summed E-state index contributed by atoms with van der Waals surface area (Å²) in [4.78, 5) is 14.8. The smallest absolute Gasteiger partial charge is 0.352 e. The Kier molecular flexibility index (Phi) is 3.46. The highest BCUT2D eigenvalue weighted by molar-refractivity contribution is 5.28. The van der Waals surface area contributed by atoms with E-state index in [2.05, 4.69) is 9.72 Å². The molecule has 10 heteroatoms. The predicted octanol–water partition coefficient (Wildman–Crippen LogP) is -2.34. The van der Waals surface area contributed by atoms with Crippen LogP contribution in [0.2, 0.25) is 0 Å². The second-order valence-electron chi connectivity index (χ2n) is 4.40. The van der Waals surface area contributed by atoms with E-state index < -0.39 is 47.7 Å². The Balaban J connectivity index is 2.68. The summed E-state index contributed by atoms with van der Waals surface area (Å²) in [6, 6.07) is 0. The van der Waals surface area contributed by atoms with Crippen LogP contribution in [0, 0.1) is 18.2 Å². The van der Waals surface area contributed by atoms with Gasteiger partial charge in [-0.25, -0.2) is 13.6 Å². The molecule has 4 atom stereocenters. The Hall–Kier alpha value is -2.06. The van der Waals surface area contributed by atoms with Gasteiger partial charge >= 0.3 is 5.69 Å². The van der Waals surface area contributed by atoms with Crippen LogP contribution in [-0.4, -0.2) is 49.5 Å². The highest BCUT2D eigenvalue weighted by atomic mass is 19.2. The van der Waals surface area contributed by atoms with E-state index >= 15 is 0 Å². The molecule has 1 aliphatic heterocycles. The highest BCUT2D eigenvalue weighted by Crippen LogP contribution is 2.41. The van der Waals surface area contributed by atoms with E-state index in [0.29, 0.717) is 6.20 Å². The minimum absolute atomic E-state index is 0.281. The zero-order valence-electron chi connectivity index (χ0n) is 10.4. The summed E-state index contributed by atoms with van der Waals surface area (Å²) in [5.74, 6) is -3.26. The number of aliphatic hydroxyl groups is 3. The molecule has 1 fully saturated rings. The molecular formula is C11H11F2N3O5. The summed E-state index contributed by atoms with van der Waals surface area (Å²) in [7, 11) is 0. The zero-order chi connectivity index (χ0) is 16.0. The van der Waals surface area contributed by atoms with Crippen LogP contribution < -0.4 is 11.4 Å². The third-order valence-electron chi connectivity index (χ3n) is 3.16. The summed E-state index contributed by atoms with van der Waals surface area (Å²) < 4.78 is 32.6. The lowest BCUT2D eigenvalue weighted by Crippen LogP contribution is -2.50. The summed E-state index contributed by atoms with van der Waals surface area (Å²) in [5, 5.41) is 28.4. The van der Waals surface area contributed by atoms with Crippen LogP contribution in [0.5, 0.6) is 0 Å². The van der Waals surface area contributed by atoms with Crippen molar-refractivity contribution in [3.05, 3.63) is 22.5 Å². The predicted molar refractivity (Wildman–Crippen MR) is 63.7 cm³/mol. The van der Waals surface area contributed by atoms with Crippen LogP contribution in [0.1, 0.15) is 0 Å². The van der Waals surface area contributed by atoms with Gasteiger partial charge in [-0.1, -0.05) is 0 Å². The molecule has 8 nitrogen and oxygen atoms in total. The van der Waals surface area contributed by atoms with Crippen molar-refractivity contribution in [3.8, 4) is 12.3 Å². The maximum Gasteiger partial charge on any atom is 0.352 e. The van der Waals surface area contributed by atoms with E-state index in [-0.39, 0.29) is 4.57 Å². The molecule has 5 N–H and O–H groups in total. The van der Waals surface area contributed by atoms with Crippen LogP contribution >= 0.6 is 0 Å². The van der Waals surface area contributed by atoms with Gasteiger partial charge in [0.2, 0.25) is 5.72 Å². The summed E-state index contributed by atoms with van der Waals surface area (Å²) >= 11 is 0. The van der Waals surface area contributed by atoms with Gasteiger partial charge in [0.1, 0.15) is 18.8 Å². The summed E-state index contributed by atoms with van der Waals surface area (Å²) in [6.45, 7) is -1.35. The van der Waals surface area contributed by atoms with E-state index in [1.54, 1.807) is 5.92 Å². The van der Waals surface area contributed by atoms with Crippen LogP contribution in [0.3, 0.4) is 0 Å². The first-order chi connectivity index (χ1) is 9.71. The average Bonchev–Trinajstić information content (AvgIpc) is 2.65. The van der Waals surface area contributed by atoms with Crippen molar-refractivity contribution in [2.24, 2.45) is 0 Å². The van der Waals surface area contributed by atoms with Gasteiger partial charge in [0.25, 0.3) is 5.85 Å². The third kappa shape index (κ3) is 1.98. The molecule has 0 unspecified atom stereocenters. The average molecular weight is 303 g/mol. The minimum Gasteiger partial charge on any atom is -0.390 e. The van der Waals surface area contributed by atoms with E-state index in [4.69, 9.17) is 17.3 Å². The fourth-order valence-electron chi connectivity index (χ4n) is 2.01. The van der Waals surface area contributed by atoms with E-state index in [9.17, 15) is 23.8 Å². The molecule has 0 bridgehead atoms. The van der Waals surface area contributed by atoms with Crippen molar-refractivity contribution in [1.82, 2.24) is 9.55 Å². The van der Waals surface area contributed by atoms with Crippen LogP contribution in [-0.2, 0) is 10.5 Å². The Bertz CT molecular complexity index is 675. The van der Waals surface area contributed by atoms with Crippen LogP contribution in [0.25, 0.3) is 0 Å². The lowest BCUT2D eigenvalue weighted by molar-refractivity contribution is -0.227. The molecule has 0 aliphatic carbocycles. The summed E-state index contributed by atoms with van der Waals surface area (Å²) in [6.07, 6.45) is 1.18. The second kappa shape index (κ2) is 4.74. The SMILES string of the molecule is C#C[C@@]1(n2cc(F)c(N)nc2=O)O[C@](F)(CO)[C@@H](O)[C@H]1O. The molecule has 2 heterocycles. The first kappa shape index (κ1) is 15.3.